The predicted octanol–water partition coefficient (Wildman–Crippen LogP) is -0.0933. The van der Waals surface area contributed by atoms with Crippen LogP contribution in [0.25, 0.3) is 0 Å². The highest BCUT2D eigenvalue weighted by atomic mass is 35.5. The molecule has 0 saturated carbocycles. The largest absolute Gasteiger partial charge is 0.314 e. The molecule has 0 aliphatic carbocycles. The fraction of sp³-hybridized carbons (Fsp3) is 1.00. The molecular weight excluding hydrogens is 238 g/mol. The molecule has 1 aliphatic heterocycles. The van der Waals surface area contributed by atoms with Crippen LogP contribution < -0.4 is 5.32 Å². The monoisotopic (exact) mass is 250 g/mol. The number of alkyl halides is 2. The van der Waals surface area contributed by atoms with Crippen LogP contribution >= 0.6 is 12.4 Å². The Morgan fingerprint density at radius 3 is 2.43 bits per heavy atom. The van der Waals surface area contributed by atoms with Crippen molar-refractivity contribution in [2.75, 3.05) is 25.9 Å². The van der Waals surface area contributed by atoms with Gasteiger partial charge in [0.05, 0.1) is 12.3 Å². The van der Waals surface area contributed by atoms with Crippen LogP contribution in [0.5, 0.6) is 0 Å². The Kier molecular flexibility index (Phi) is 5.21. The van der Waals surface area contributed by atoms with Crippen LogP contribution in [0, 0.1) is 0 Å². The maximum atomic E-state index is 12.4. The van der Waals surface area contributed by atoms with Crippen molar-refractivity contribution >= 4 is 22.4 Å². The zero-order valence-electron chi connectivity index (χ0n) is 7.61. The van der Waals surface area contributed by atoms with Crippen molar-refractivity contribution in [2.45, 2.75) is 12.5 Å². The zero-order chi connectivity index (χ0) is 10.1. The highest BCUT2D eigenvalue weighted by molar-refractivity contribution is 7.88. The van der Waals surface area contributed by atoms with Gasteiger partial charge >= 0.3 is 0 Å². The highest BCUT2D eigenvalue weighted by Gasteiger charge is 2.35. The molecule has 4 nitrogen and oxygen atoms in total. The summed E-state index contributed by atoms with van der Waals surface area (Å²) in [6, 6.07) is -1.22. The lowest BCUT2D eigenvalue weighted by Gasteiger charge is -2.33. The van der Waals surface area contributed by atoms with E-state index in [0.29, 0.717) is 6.54 Å². The van der Waals surface area contributed by atoms with Crippen molar-refractivity contribution in [3.63, 3.8) is 0 Å². The summed E-state index contributed by atoms with van der Waals surface area (Å²) in [5.74, 6) is 0. The summed E-state index contributed by atoms with van der Waals surface area (Å²) in [4.78, 5) is 0. The Morgan fingerprint density at radius 2 is 2.07 bits per heavy atom. The summed E-state index contributed by atoms with van der Waals surface area (Å²) < 4.78 is 47.7. The first-order chi connectivity index (χ1) is 5.93. The van der Waals surface area contributed by atoms with Crippen molar-refractivity contribution in [1.29, 1.82) is 0 Å². The number of piperazine rings is 1. The first kappa shape index (κ1) is 14.0. The van der Waals surface area contributed by atoms with E-state index in [1.807, 2.05) is 0 Å². The topological polar surface area (TPSA) is 49.4 Å². The van der Waals surface area contributed by atoms with Gasteiger partial charge in [0.2, 0.25) is 10.0 Å². The number of hydrogen-bond acceptors (Lipinski definition) is 3. The predicted molar refractivity (Wildman–Crippen MR) is 51.5 cm³/mol. The summed E-state index contributed by atoms with van der Waals surface area (Å²) in [6.07, 6.45) is -1.68. The van der Waals surface area contributed by atoms with E-state index in [4.69, 9.17) is 0 Å². The van der Waals surface area contributed by atoms with Crippen LogP contribution in [0.4, 0.5) is 8.78 Å². The summed E-state index contributed by atoms with van der Waals surface area (Å²) in [7, 11) is -3.51. The number of sulfonamides is 1. The van der Waals surface area contributed by atoms with Crippen LogP contribution in [-0.4, -0.2) is 51.1 Å². The third-order valence-corrected chi connectivity index (χ3v) is 3.25. The number of nitrogens with one attached hydrogen (secondary N) is 1. The van der Waals surface area contributed by atoms with Crippen molar-refractivity contribution in [3.05, 3.63) is 0 Å². The minimum atomic E-state index is -3.51. The van der Waals surface area contributed by atoms with Gasteiger partial charge in [-0.05, 0) is 0 Å². The molecule has 86 valence electrons. The molecule has 14 heavy (non-hydrogen) atoms. The summed E-state index contributed by atoms with van der Waals surface area (Å²) in [5, 5.41) is 2.73. The first-order valence-corrected chi connectivity index (χ1v) is 5.73. The van der Waals surface area contributed by atoms with Crippen molar-refractivity contribution < 1.29 is 17.2 Å². The lowest BCUT2D eigenvalue weighted by Crippen LogP contribution is -2.56. The molecule has 0 radical (unpaired) electrons. The molecule has 1 heterocycles. The molecule has 0 bridgehead atoms. The van der Waals surface area contributed by atoms with Crippen LogP contribution in [0.1, 0.15) is 0 Å². The van der Waals surface area contributed by atoms with Gasteiger partial charge in [0.1, 0.15) is 0 Å². The second-order valence-corrected chi connectivity index (χ2v) is 4.91. The maximum Gasteiger partial charge on any atom is 0.256 e. The van der Waals surface area contributed by atoms with Crippen molar-refractivity contribution in [1.82, 2.24) is 9.62 Å². The molecule has 1 rings (SSSR count). The lowest BCUT2D eigenvalue weighted by atomic mass is 10.2. The van der Waals surface area contributed by atoms with E-state index < -0.39 is 22.5 Å². The average Bonchev–Trinajstić information content (AvgIpc) is 2.03. The smallest absolute Gasteiger partial charge is 0.256 e. The van der Waals surface area contributed by atoms with E-state index in [1.54, 1.807) is 0 Å². The molecule has 0 aromatic rings. The standard InChI is InChI=1S/C6H12F2N2O2S.ClH/c1-13(11,12)10-3-2-9-4-5(10)6(7)8;/h5-6,9H,2-4H2,1H3;1H. The fourth-order valence-corrected chi connectivity index (χ4v) is 2.41. The number of halogens is 3. The number of nitrogens with zero attached hydrogens (tertiary/aromatic N) is 1. The molecule has 0 amide bonds. The molecule has 1 N–H and O–H groups in total. The van der Waals surface area contributed by atoms with Gasteiger partial charge in [-0.1, -0.05) is 0 Å². The normalized spacial score (nSPS) is 24.7. The van der Waals surface area contributed by atoms with Gasteiger partial charge in [-0.3, -0.25) is 0 Å². The number of rotatable bonds is 2. The van der Waals surface area contributed by atoms with E-state index in [1.165, 1.54) is 0 Å². The molecule has 0 spiro atoms. The third kappa shape index (κ3) is 3.30. The molecule has 1 saturated heterocycles. The Bertz CT molecular complexity index is 273. The Balaban J connectivity index is 0.00000169. The van der Waals surface area contributed by atoms with E-state index >= 15 is 0 Å². The van der Waals surface area contributed by atoms with Gasteiger partial charge in [-0.2, -0.15) is 4.31 Å². The Labute approximate surface area is 88.1 Å². The van der Waals surface area contributed by atoms with Gasteiger partial charge in [-0.25, -0.2) is 17.2 Å². The van der Waals surface area contributed by atoms with Gasteiger partial charge in [0.25, 0.3) is 6.43 Å². The SMILES string of the molecule is CS(=O)(=O)N1CCNCC1C(F)F.Cl. The van der Waals surface area contributed by atoms with Gasteiger partial charge in [-0.15, -0.1) is 12.4 Å². The van der Waals surface area contributed by atoms with E-state index in [0.717, 1.165) is 10.6 Å². The zero-order valence-corrected chi connectivity index (χ0v) is 9.25. The quantitative estimate of drug-likeness (QED) is 0.745. The second-order valence-electron chi connectivity index (χ2n) is 2.98. The van der Waals surface area contributed by atoms with Crippen LogP contribution in [0.15, 0.2) is 0 Å². The molecular formula is C6H13ClF2N2O2S. The molecule has 0 aromatic carbocycles. The summed E-state index contributed by atoms with van der Waals surface area (Å²) >= 11 is 0. The summed E-state index contributed by atoms with van der Waals surface area (Å²) in [5.41, 5.74) is 0. The van der Waals surface area contributed by atoms with Crippen LogP contribution in [0.3, 0.4) is 0 Å². The number of hydrogen-bond donors (Lipinski definition) is 1. The van der Waals surface area contributed by atoms with Crippen LogP contribution in [-0.2, 0) is 10.0 Å². The minimum absolute atomic E-state index is 0. The average molecular weight is 251 g/mol. The highest BCUT2D eigenvalue weighted by Crippen LogP contribution is 2.14. The van der Waals surface area contributed by atoms with E-state index in [9.17, 15) is 17.2 Å². The molecule has 0 aromatic heterocycles. The summed E-state index contributed by atoms with van der Waals surface area (Å²) in [6.45, 7) is 0.564. The van der Waals surface area contributed by atoms with Gasteiger partial charge in [0.15, 0.2) is 0 Å². The maximum absolute atomic E-state index is 12.4. The van der Waals surface area contributed by atoms with E-state index in [-0.39, 0.29) is 25.5 Å². The third-order valence-electron chi connectivity index (χ3n) is 1.95. The van der Waals surface area contributed by atoms with Crippen LogP contribution in [0.2, 0.25) is 0 Å². The molecule has 1 fully saturated rings. The minimum Gasteiger partial charge on any atom is -0.314 e. The molecule has 1 aliphatic rings. The fourth-order valence-electron chi connectivity index (χ4n) is 1.33. The first-order valence-electron chi connectivity index (χ1n) is 3.88. The van der Waals surface area contributed by atoms with E-state index in [2.05, 4.69) is 5.32 Å². The molecule has 1 unspecified atom stereocenters. The molecule has 8 heteroatoms. The molecule has 1 atom stereocenters. The Morgan fingerprint density at radius 1 is 1.50 bits per heavy atom. The van der Waals surface area contributed by atoms with Gasteiger partial charge in [0, 0.05) is 19.6 Å². The second kappa shape index (κ2) is 5.20. The van der Waals surface area contributed by atoms with Crippen molar-refractivity contribution in [3.8, 4) is 0 Å². The van der Waals surface area contributed by atoms with Gasteiger partial charge < -0.3 is 5.32 Å². The van der Waals surface area contributed by atoms with Crippen molar-refractivity contribution in [2.24, 2.45) is 0 Å². The lowest BCUT2D eigenvalue weighted by molar-refractivity contribution is 0.0517. The Hall–Kier alpha value is 0.0200.